The minimum atomic E-state index is -0.0946. The molecule has 1 saturated carbocycles. The van der Waals surface area contributed by atoms with Crippen molar-refractivity contribution >= 4 is 6.29 Å². The molecule has 1 aliphatic carbocycles. The minimum Gasteiger partial charge on any atom is -0.303 e. The highest BCUT2D eigenvalue weighted by Gasteiger charge is 2.21. The Morgan fingerprint density at radius 2 is 2.15 bits per heavy atom. The fourth-order valence-corrected chi connectivity index (χ4v) is 2.02. The molecule has 1 fully saturated rings. The third-order valence-electron chi connectivity index (χ3n) is 2.73. The summed E-state index contributed by atoms with van der Waals surface area (Å²) in [6.45, 7) is 0. The first kappa shape index (κ1) is 10.1. The topological polar surface area (TPSA) is 65.8 Å². The fraction of sp³-hybridized carbons (Fsp3) is 0.889. The fourth-order valence-electron chi connectivity index (χ4n) is 2.02. The standard InChI is InChI=1S/C9H15N3O/c10-12-11-9(6-7-13)8-4-2-1-3-5-8/h7-9H,1-6H2. The van der Waals surface area contributed by atoms with Crippen LogP contribution < -0.4 is 0 Å². The molecule has 0 spiro atoms. The summed E-state index contributed by atoms with van der Waals surface area (Å²) in [5.41, 5.74) is 8.34. The van der Waals surface area contributed by atoms with Gasteiger partial charge in [-0.15, -0.1) is 0 Å². The van der Waals surface area contributed by atoms with Gasteiger partial charge in [0.05, 0.1) is 0 Å². The average Bonchev–Trinajstić information content (AvgIpc) is 2.19. The highest BCUT2D eigenvalue weighted by Crippen LogP contribution is 2.29. The predicted octanol–water partition coefficient (Wildman–Crippen LogP) is 2.83. The van der Waals surface area contributed by atoms with E-state index in [9.17, 15) is 4.79 Å². The van der Waals surface area contributed by atoms with E-state index in [4.69, 9.17) is 5.53 Å². The molecule has 0 aliphatic heterocycles. The lowest BCUT2D eigenvalue weighted by Crippen LogP contribution is -2.21. The number of carbonyl (C=O) groups excluding carboxylic acids is 1. The second-order valence-corrected chi connectivity index (χ2v) is 3.57. The predicted molar refractivity (Wildman–Crippen MR) is 50.2 cm³/mol. The lowest BCUT2D eigenvalue weighted by Gasteiger charge is -2.25. The SMILES string of the molecule is [N-]=[N+]=NC(CC=O)C1CCCCC1. The number of hydrogen-bond donors (Lipinski definition) is 0. The van der Waals surface area contributed by atoms with Gasteiger partial charge in [-0.2, -0.15) is 0 Å². The van der Waals surface area contributed by atoms with Gasteiger partial charge in [-0.25, -0.2) is 0 Å². The zero-order chi connectivity index (χ0) is 9.52. The molecule has 1 unspecified atom stereocenters. The molecule has 0 heterocycles. The van der Waals surface area contributed by atoms with Crippen molar-refractivity contribution in [3.63, 3.8) is 0 Å². The lowest BCUT2D eigenvalue weighted by atomic mass is 9.83. The second kappa shape index (κ2) is 5.60. The van der Waals surface area contributed by atoms with Crippen LogP contribution in [-0.4, -0.2) is 12.3 Å². The van der Waals surface area contributed by atoms with Crippen molar-refractivity contribution in [1.82, 2.24) is 0 Å². The van der Waals surface area contributed by atoms with Crippen LogP contribution in [0, 0.1) is 5.92 Å². The van der Waals surface area contributed by atoms with E-state index in [2.05, 4.69) is 10.0 Å². The van der Waals surface area contributed by atoms with Gasteiger partial charge < -0.3 is 4.79 Å². The van der Waals surface area contributed by atoms with Crippen molar-refractivity contribution in [2.45, 2.75) is 44.6 Å². The van der Waals surface area contributed by atoms with Crippen molar-refractivity contribution < 1.29 is 4.79 Å². The third-order valence-corrected chi connectivity index (χ3v) is 2.73. The maximum atomic E-state index is 10.3. The third kappa shape index (κ3) is 3.07. The van der Waals surface area contributed by atoms with Gasteiger partial charge in [-0.1, -0.05) is 37.2 Å². The van der Waals surface area contributed by atoms with Crippen LogP contribution in [0.1, 0.15) is 38.5 Å². The lowest BCUT2D eigenvalue weighted by molar-refractivity contribution is -0.108. The van der Waals surface area contributed by atoms with Gasteiger partial charge in [0.1, 0.15) is 6.29 Å². The first-order chi connectivity index (χ1) is 6.38. The van der Waals surface area contributed by atoms with E-state index >= 15 is 0 Å². The van der Waals surface area contributed by atoms with Crippen LogP contribution in [0.2, 0.25) is 0 Å². The van der Waals surface area contributed by atoms with E-state index in [0.717, 1.165) is 19.1 Å². The molecular formula is C9H15N3O. The number of nitrogens with zero attached hydrogens (tertiary/aromatic N) is 3. The minimum absolute atomic E-state index is 0.0946. The molecule has 72 valence electrons. The largest absolute Gasteiger partial charge is 0.303 e. The van der Waals surface area contributed by atoms with Gasteiger partial charge in [-0.3, -0.25) is 0 Å². The molecule has 13 heavy (non-hydrogen) atoms. The van der Waals surface area contributed by atoms with Crippen LogP contribution in [0.25, 0.3) is 10.4 Å². The summed E-state index contributed by atoms with van der Waals surface area (Å²) >= 11 is 0. The van der Waals surface area contributed by atoms with Crippen molar-refractivity contribution in [2.75, 3.05) is 0 Å². The Balaban J connectivity index is 2.50. The molecule has 1 aliphatic rings. The Morgan fingerprint density at radius 3 is 2.69 bits per heavy atom. The summed E-state index contributed by atoms with van der Waals surface area (Å²) in [4.78, 5) is 13.1. The summed E-state index contributed by atoms with van der Waals surface area (Å²) in [7, 11) is 0. The van der Waals surface area contributed by atoms with Gasteiger partial charge in [-0.05, 0) is 11.4 Å². The highest BCUT2D eigenvalue weighted by molar-refractivity contribution is 5.50. The second-order valence-electron chi connectivity index (χ2n) is 3.57. The van der Waals surface area contributed by atoms with E-state index < -0.39 is 0 Å². The van der Waals surface area contributed by atoms with E-state index in [1.165, 1.54) is 19.3 Å². The van der Waals surface area contributed by atoms with Crippen molar-refractivity contribution in [3.8, 4) is 0 Å². The molecule has 1 atom stereocenters. The van der Waals surface area contributed by atoms with Gasteiger partial charge in [0.25, 0.3) is 0 Å². The highest BCUT2D eigenvalue weighted by atomic mass is 16.1. The van der Waals surface area contributed by atoms with Crippen molar-refractivity contribution in [1.29, 1.82) is 0 Å². The molecule has 0 saturated heterocycles. The molecule has 1 rings (SSSR count). The number of carbonyl (C=O) groups is 1. The zero-order valence-electron chi connectivity index (χ0n) is 7.72. The number of azide groups is 1. The summed E-state index contributed by atoms with van der Waals surface area (Å²) < 4.78 is 0. The maximum absolute atomic E-state index is 10.3. The monoisotopic (exact) mass is 181 g/mol. The van der Waals surface area contributed by atoms with E-state index in [0.29, 0.717) is 12.3 Å². The molecule has 0 aromatic carbocycles. The van der Waals surface area contributed by atoms with Crippen molar-refractivity contribution in [2.24, 2.45) is 11.0 Å². The summed E-state index contributed by atoms with van der Waals surface area (Å²) in [5.74, 6) is 0.440. The van der Waals surface area contributed by atoms with E-state index in [1.807, 2.05) is 0 Å². The molecule has 4 heteroatoms. The van der Waals surface area contributed by atoms with Crippen LogP contribution >= 0.6 is 0 Å². The smallest absolute Gasteiger partial charge is 0.120 e. The Kier molecular flexibility index (Phi) is 4.33. The van der Waals surface area contributed by atoms with Crippen LogP contribution in [0.5, 0.6) is 0 Å². The molecule has 0 N–H and O–H groups in total. The van der Waals surface area contributed by atoms with Crippen LogP contribution in [0.4, 0.5) is 0 Å². The molecule has 0 bridgehead atoms. The molecule has 0 aromatic heterocycles. The van der Waals surface area contributed by atoms with Crippen LogP contribution in [0.3, 0.4) is 0 Å². The molecule has 0 radical (unpaired) electrons. The zero-order valence-corrected chi connectivity index (χ0v) is 7.72. The van der Waals surface area contributed by atoms with Gasteiger partial charge in [0.2, 0.25) is 0 Å². The number of hydrogen-bond acceptors (Lipinski definition) is 2. The number of aldehydes is 1. The summed E-state index contributed by atoms with van der Waals surface area (Å²) in [6, 6.07) is -0.0946. The molecule has 0 amide bonds. The van der Waals surface area contributed by atoms with Crippen molar-refractivity contribution in [3.05, 3.63) is 10.4 Å². The summed E-state index contributed by atoms with van der Waals surface area (Å²) in [6.07, 6.45) is 7.15. The van der Waals surface area contributed by atoms with Crippen LogP contribution in [0.15, 0.2) is 5.11 Å². The normalized spacial score (nSPS) is 20.3. The molecule has 0 aromatic rings. The first-order valence-corrected chi connectivity index (χ1v) is 4.86. The summed E-state index contributed by atoms with van der Waals surface area (Å²) in [5, 5.41) is 3.69. The van der Waals surface area contributed by atoms with Crippen LogP contribution in [-0.2, 0) is 4.79 Å². The number of rotatable bonds is 4. The quantitative estimate of drug-likeness (QED) is 0.284. The maximum Gasteiger partial charge on any atom is 0.120 e. The van der Waals surface area contributed by atoms with Gasteiger partial charge >= 0.3 is 0 Å². The Hall–Kier alpha value is -1.02. The van der Waals surface area contributed by atoms with Gasteiger partial charge in [0.15, 0.2) is 0 Å². The van der Waals surface area contributed by atoms with E-state index in [1.54, 1.807) is 0 Å². The first-order valence-electron chi connectivity index (χ1n) is 4.86. The van der Waals surface area contributed by atoms with E-state index in [-0.39, 0.29) is 6.04 Å². The Morgan fingerprint density at radius 1 is 1.46 bits per heavy atom. The Bertz CT molecular complexity index is 205. The average molecular weight is 181 g/mol. The molecular weight excluding hydrogens is 166 g/mol. The molecule has 4 nitrogen and oxygen atoms in total. The Labute approximate surface area is 77.9 Å². The van der Waals surface area contributed by atoms with Gasteiger partial charge in [0, 0.05) is 17.4 Å².